The molecule has 4 heterocycles. The van der Waals surface area contributed by atoms with Gasteiger partial charge in [-0.25, -0.2) is 19.0 Å². The molecule has 372 valence electrons. The van der Waals surface area contributed by atoms with Crippen molar-refractivity contribution in [2.24, 2.45) is 0 Å². The smallest absolute Gasteiger partial charge is 0.364 e. The third kappa shape index (κ3) is 12.5. The number of carbonyl (C=O) groups is 5. The van der Waals surface area contributed by atoms with Crippen molar-refractivity contribution in [3.8, 4) is 5.75 Å². The summed E-state index contributed by atoms with van der Waals surface area (Å²) in [6.45, 7) is 3.95. The maximum Gasteiger partial charge on any atom is 0.364 e. The van der Waals surface area contributed by atoms with Crippen molar-refractivity contribution in [2.45, 2.75) is 152 Å². The number of phenols is 1. The summed E-state index contributed by atoms with van der Waals surface area (Å²) in [4.78, 5) is 67.6. The number of hydrogen-bond donors (Lipinski definition) is 9. The highest BCUT2D eigenvalue weighted by Gasteiger charge is 2.57. The number of aliphatic hydroxyl groups is 3. The van der Waals surface area contributed by atoms with E-state index >= 15 is 0 Å². The third-order valence-electron chi connectivity index (χ3n) is 13.1. The largest absolute Gasteiger partial charge is 0.507 e. The van der Waals surface area contributed by atoms with Gasteiger partial charge < -0.3 is 65.9 Å². The van der Waals surface area contributed by atoms with Crippen LogP contribution in [0.3, 0.4) is 0 Å². The Kier molecular flexibility index (Phi) is 16.6. The van der Waals surface area contributed by atoms with E-state index in [9.17, 15) is 49.5 Å². The fourth-order valence-corrected chi connectivity index (χ4v) is 9.36. The minimum absolute atomic E-state index is 0.0163. The van der Waals surface area contributed by atoms with Crippen LogP contribution < -0.4 is 21.3 Å². The lowest BCUT2D eigenvalue weighted by Crippen LogP contribution is -2.69. The van der Waals surface area contributed by atoms with Gasteiger partial charge in [0.15, 0.2) is 0 Å². The second-order valence-corrected chi connectivity index (χ2v) is 18.2. The third-order valence-corrected chi connectivity index (χ3v) is 13.1. The van der Waals surface area contributed by atoms with Crippen LogP contribution in [0.5, 0.6) is 5.75 Å². The van der Waals surface area contributed by atoms with Gasteiger partial charge in [-0.2, -0.15) is 0 Å². The van der Waals surface area contributed by atoms with E-state index in [1.165, 1.54) is 27.7 Å². The minimum atomic E-state index is -2.66. The molecule has 2 saturated carbocycles. The Bertz CT molecular complexity index is 2220. The van der Waals surface area contributed by atoms with E-state index in [1.807, 2.05) is 0 Å². The number of aromatic nitrogens is 6. The number of benzene rings is 1. The summed E-state index contributed by atoms with van der Waals surface area (Å²) in [5, 5.41) is 83.1. The van der Waals surface area contributed by atoms with Gasteiger partial charge >= 0.3 is 12.0 Å². The number of aliphatic carboxylic acids is 1. The Balaban J connectivity index is 1.04. The van der Waals surface area contributed by atoms with Gasteiger partial charge in [0.2, 0.25) is 11.8 Å². The molecule has 0 spiro atoms. The van der Waals surface area contributed by atoms with Gasteiger partial charge in [-0.05, 0) is 62.8 Å². The lowest BCUT2D eigenvalue weighted by atomic mass is 9.87. The van der Waals surface area contributed by atoms with Crippen LogP contribution in [0.15, 0.2) is 24.5 Å². The number of morpholine rings is 1. The number of carboxylic acids is 1. The van der Waals surface area contributed by atoms with Crippen LogP contribution in [-0.4, -0.2) is 171 Å². The Labute approximate surface area is 392 Å². The Morgan fingerprint density at radius 3 is 2.22 bits per heavy atom. The molecule has 0 radical (unpaired) electrons. The highest BCUT2D eigenvalue weighted by atomic mass is 16.7. The number of aromatic hydroxyl groups is 1. The monoisotopic (exact) mass is 953 g/mol. The van der Waals surface area contributed by atoms with Crippen LogP contribution in [0.2, 0.25) is 0 Å². The number of amides is 5. The summed E-state index contributed by atoms with van der Waals surface area (Å²) < 4.78 is 20.3. The van der Waals surface area contributed by atoms with Gasteiger partial charge in [-0.3, -0.25) is 14.4 Å². The topological polar surface area (TPSA) is 327 Å². The summed E-state index contributed by atoms with van der Waals surface area (Å²) in [5.41, 5.74) is 2.21. The number of phenolic OH excluding ortho intramolecular Hbond substituents is 1. The molecule has 2 aromatic heterocycles. The van der Waals surface area contributed by atoms with Gasteiger partial charge in [0, 0.05) is 43.7 Å². The number of ether oxygens (including phenoxy) is 3. The van der Waals surface area contributed by atoms with E-state index < -0.39 is 85.0 Å². The van der Waals surface area contributed by atoms with E-state index in [4.69, 9.17) is 14.2 Å². The van der Waals surface area contributed by atoms with Crippen LogP contribution >= 0.6 is 0 Å². The van der Waals surface area contributed by atoms with Crippen LogP contribution in [0.1, 0.15) is 103 Å². The van der Waals surface area contributed by atoms with E-state index in [2.05, 4.69) is 41.9 Å². The summed E-state index contributed by atoms with van der Waals surface area (Å²) in [7, 11) is 0. The van der Waals surface area contributed by atoms with E-state index in [1.54, 1.807) is 24.9 Å². The standard InChI is InChI=1S/C44H63N11O13/c1-25-16-28(17-26(2)38(25)60)41(62)45-20-33(57)39(61)40-37(48-36(59)24-55-22-31(50-52-55)27-8-4-3-5-9-27)32(56)18-44(68-40,42(63)64)67-34-11-7-6-10-30(34)47-35(58)23-54-21-29(49-51-54)19-46-43(65)53-12-14-66-15-13-53/h16-17,21-22,27,30,32-34,37,39-40,56-57,60-61H,3-15,18-20,23-24H2,1-2H3,(H,45,62)(H,46,65)(H,47,58)(H,48,59)(H,63,64)/t30-,32+,33-,34-,37-,39-,40-,44-/m1/s1. The van der Waals surface area contributed by atoms with Crippen molar-refractivity contribution < 1.29 is 63.7 Å². The van der Waals surface area contributed by atoms with E-state index in [0.29, 0.717) is 62.4 Å². The summed E-state index contributed by atoms with van der Waals surface area (Å²) in [5.74, 6) is -5.94. The molecule has 3 aromatic rings. The number of aliphatic hydroxyl groups excluding tert-OH is 3. The Morgan fingerprint density at radius 1 is 0.868 bits per heavy atom. The molecule has 2 saturated heterocycles. The summed E-state index contributed by atoms with van der Waals surface area (Å²) in [6, 6.07) is 0.369. The summed E-state index contributed by atoms with van der Waals surface area (Å²) >= 11 is 0. The van der Waals surface area contributed by atoms with Crippen molar-refractivity contribution in [1.29, 1.82) is 0 Å². The van der Waals surface area contributed by atoms with E-state index in [0.717, 1.165) is 37.8 Å². The molecule has 0 bridgehead atoms. The van der Waals surface area contributed by atoms with Crippen molar-refractivity contribution in [2.75, 3.05) is 32.8 Å². The molecule has 68 heavy (non-hydrogen) atoms. The lowest BCUT2D eigenvalue weighted by molar-refractivity contribution is -0.325. The molecular weight excluding hydrogens is 891 g/mol. The molecule has 5 amide bonds. The molecule has 4 aliphatic rings. The van der Waals surface area contributed by atoms with Crippen LogP contribution in [0.25, 0.3) is 0 Å². The second-order valence-electron chi connectivity index (χ2n) is 18.2. The first-order valence-corrected chi connectivity index (χ1v) is 23.3. The Morgan fingerprint density at radius 2 is 1.51 bits per heavy atom. The molecule has 2 aliphatic carbocycles. The highest BCUT2D eigenvalue weighted by molar-refractivity contribution is 5.95. The first kappa shape index (κ1) is 50.1. The Hall–Kier alpha value is -5.79. The van der Waals surface area contributed by atoms with E-state index in [-0.39, 0.29) is 49.3 Å². The van der Waals surface area contributed by atoms with Crippen molar-refractivity contribution in [3.05, 3.63) is 52.6 Å². The predicted octanol–water partition coefficient (Wildman–Crippen LogP) is -0.507. The number of urea groups is 1. The quantitative estimate of drug-likeness (QED) is 0.0823. The van der Waals surface area contributed by atoms with Crippen LogP contribution in [0, 0.1) is 13.8 Å². The molecule has 2 aliphatic heterocycles. The van der Waals surface area contributed by atoms with Crippen molar-refractivity contribution in [3.63, 3.8) is 0 Å². The zero-order valence-corrected chi connectivity index (χ0v) is 38.3. The molecule has 0 unspecified atom stereocenters. The molecule has 8 atom stereocenters. The molecule has 1 aromatic carbocycles. The number of hydrogen-bond acceptors (Lipinski definition) is 16. The number of carbonyl (C=O) groups excluding carboxylic acids is 4. The maximum absolute atomic E-state index is 13.6. The number of nitrogens with zero attached hydrogens (tertiary/aromatic N) is 7. The van der Waals surface area contributed by atoms with Gasteiger partial charge in [0.05, 0.1) is 62.0 Å². The maximum atomic E-state index is 13.6. The lowest BCUT2D eigenvalue weighted by Gasteiger charge is -2.48. The van der Waals surface area contributed by atoms with Crippen molar-refractivity contribution >= 4 is 29.7 Å². The normalized spacial score (nSPS) is 25.5. The number of nitrogens with one attached hydrogen (secondary N) is 4. The van der Waals surface area contributed by atoms with Gasteiger partial charge in [0.25, 0.3) is 11.7 Å². The highest BCUT2D eigenvalue weighted by Crippen LogP contribution is 2.37. The number of carboxylic acid groups (broad SMARTS) is 1. The SMILES string of the molecule is Cc1cc(C(=O)NC[C@@H](O)[C@@H](O)[C@@H]2O[C@@](O[C@@H]3CCCC[C@H]3NC(=O)Cn3cc(CNC(=O)N4CCOCC4)nn3)(C(=O)O)C[C@H](O)[C@H]2NC(=O)Cn2cc(C3CCCCC3)nn2)cc(C)c1O. The fourth-order valence-electron chi connectivity index (χ4n) is 9.36. The van der Waals surface area contributed by atoms with Crippen molar-refractivity contribution in [1.82, 2.24) is 56.2 Å². The zero-order valence-electron chi connectivity index (χ0n) is 38.3. The van der Waals surface area contributed by atoms with Crippen LogP contribution in [-0.2, 0) is 48.2 Å². The fraction of sp³-hybridized carbons (Fsp3) is 0.659. The minimum Gasteiger partial charge on any atom is -0.507 e. The first-order chi connectivity index (χ1) is 32.6. The molecule has 7 rings (SSSR count). The van der Waals surface area contributed by atoms with Crippen LogP contribution in [0.4, 0.5) is 4.79 Å². The molecule has 24 nitrogen and oxygen atoms in total. The molecule has 24 heteroatoms. The first-order valence-electron chi connectivity index (χ1n) is 23.3. The number of rotatable bonds is 17. The van der Waals surface area contributed by atoms with Gasteiger partial charge in [-0.1, -0.05) is 42.5 Å². The average molecular weight is 954 g/mol. The van der Waals surface area contributed by atoms with Gasteiger partial charge in [0.1, 0.15) is 36.7 Å². The zero-order chi connectivity index (χ0) is 48.5. The summed E-state index contributed by atoms with van der Waals surface area (Å²) in [6.07, 6.45) is 1.13. The average Bonchev–Trinajstić information content (AvgIpc) is 3.99. The molecule has 4 fully saturated rings. The second kappa shape index (κ2) is 22.5. The molecular formula is C44H63N11O13. The number of aryl methyl sites for hydroxylation is 2. The van der Waals surface area contributed by atoms with Gasteiger partial charge in [-0.15, -0.1) is 10.2 Å². The predicted molar refractivity (Wildman–Crippen MR) is 235 cm³/mol. The molecule has 9 N–H and O–H groups in total.